The molecule has 0 aliphatic heterocycles. The average molecular weight is 118 g/mol. The van der Waals surface area contributed by atoms with Crippen LogP contribution in [0.3, 0.4) is 0 Å². The summed E-state index contributed by atoms with van der Waals surface area (Å²) in [7, 11) is 0. The molecule has 0 aromatic rings. The Labute approximate surface area is 47.6 Å². The van der Waals surface area contributed by atoms with Crippen molar-refractivity contribution < 1.29 is 4.84 Å². The lowest BCUT2D eigenvalue weighted by Crippen LogP contribution is -2.16. The van der Waals surface area contributed by atoms with E-state index >= 15 is 0 Å². The van der Waals surface area contributed by atoms with Crippen LogP contribution in [-0.4, -0.2) is 12.6 Å². The molecule has 0 fully saturated rings. The molecule has 5 nitrogen and oxygen atoms in total. The fourth-order valence-corrected chi connectivity index (χ4v) is 0.205. The van der Waals surface area contributed by atoms with Crippen LogP contribution >= 0.6 is 0 Å². The molecular formula is C3H10N4O. The minimum Gasteiger partial charge on any atom is -0.305 e. The van der Waals surface area contributed by atoms with E-state index in [1.165, 1.54) is 0 Å². The first-order chi connectivity index (χ1) is 3.81. The lowest BCUT2D eigenvalue weighted by Gasteiger charge is -2.00. The van der Waals surface area contributed by atoms with Gasteiger partial charge >= 0.3 is 0 Å². The summed E-state index contributed by atoms with van der Waals surface area (Å²) in [5, 5.41) is 6.45. The molecule has 0 heterocycles. The van der Waals surface area contributed by atoms with Gasteiger partial charge in [-0.05, 0) is 6.92 Å². The van der Waals surface area contributed by atoms with Crippen molar-refractivity contribution in [2.24, 2.45) is 22.1 Å². The number of nitrogens with zero attached hydrogens (tertiary/aromatic N) is 2. The number of hydrogen-bond donors (Lipinski definition) is 2. The Hall–Kier alpha value is -0.680. The van der Waals surface area contributed by atoms with Crippen LogP contribution in [0, 0.1) is 0 Å². The fourth-order valence-electron chi connectivity index (χ4n) is 0.205. The van der Waals surface area contributed by atoms with E-state index in [1.54, 1.807) is 6.92 Å². The summed E-state index contributed by atoms with van der Waals surface area (Å²) in [5.41, 5.74) is 0. The summed E-state index contributed by atoms with van der Waals surface area (Å²) in [6.45, 7) is 2.18. The van der Waals surface area contributed by atoms with Gasteiger partial charge in [0, 0.05) is 0 Å². The van der Waals surface area contributed by atoms with Crippen LogP contribution in [0.25, 0.3) is 0 Å². The van der Waals surface area contributed by atoms with Crippen LogP contribution in [0.5, 0.6) is 0 Å². The highest BCUT2D eigenvalue weighted by Crippen LogP contribution is 1.84. The third-order valence-corrected chi connectivity index (χ3v) is 0.653. The topological polar surface area (TPSA) is 86.0 Å². The molecule has 4 N–H and O–H groups in total. The maximum Gasteiger partial charge on any atom is 0.0972 e. The van der Waals surface area contributed by atoms with Gasteiger partial charge in [-0.15, -0.1) is 0 Å². The van der Waals surface area contributed by atoms with E-state index in [-0.39, 0.29) is 6.10 Å². The highest BCUT2D eigenvalue weighted by molar-refractivity contribution is 4.47. The van der Waals surface area contributed by atoms with Crippen molar-refractivity contribution in [2.75, 3.05) is 6.54 Å². The molecule has 0 aliphatic rings. The van der Waals surface area contributed by atoms with Crippen molar-refractivity contribution in [3.05, 3.63) is 0 Å². The second-order valence-corrected chi connectivity index (χ2v) is 1.39. The van der Waals surface area contributed by atoms with Crippen LogP contribution in [0.2, 0.25) is 0 Å². The molecule has 0 aromatic heterocycles. The zero-order chi connectivity index (χ0) is 6.41. The van der Waals surface area contributed by atoms with E-state index in [9.17, 15) is 0 Å². The lowest BCUT2D eigenvalue weighted by molar-refractivity contribution is 0.0720. The lowest BCUT2D eigenvalue weighted by atomic mass is 10.4. The summed E-state index contributed by atoms with van der Waals surface area (Å²) >= 11 is 0. The quantitative estimate of drug-likeness (QED) is 0.300. The SMILES string of the molecule is CC(CN=NN)ON. The molecule has 0 saturated carbocycles. The molecule has 1 atom stereocenters. The summed E-state index contributed by atoms with van der Waals surface area (Å²) in [6, 6.07) is 0. The molecule has 0 spiro atoms. The van der Waals surface area contributed by atoms with Gasteiger partial charge < -0.3 is 5.84 Å². The van der Waals surface area contributed by atoms with Gasteiger partial charge in [0.2, 0.25) is 0 Å². The van der Waals surface area contributed by atoms with Gasteiger partial charge in [-0.3, -0.25) is 4.84 Å². The Morgan fingerprint density at radius 2 is 2.38 bits per heavy atom. The van der Waals surface area contributed by atoms with Gasteiger partial charge in [0.05, 0.1) is 12.6 Å². The van der Waals surface area contributed by atoms with Crippen LogP contribution in [0.15, 0.2) is 10.3 Å². The smallest absolute Gasteiger partial charge is 0.0972 e. The van der Waals surface area contributed by atoms with Crippen molar-refractivity contribution in [3.63, 3.8) is 0 Å². The Kier molecular flexibility index (Phi) is 4.10. The van der Waals surface area contributed by atoms with Crippen molar-refractivity contribution in [2.45, 2.75) is 13.0 Å². The van der Waals surface area contributed by atoms with E-state index in [0.717, 1.165) is 0 Å². The maximum atomic E-state index is 4.77. The molecule has 8 heavy (non-hydrogen) atoms. The highest BCUT2D eigenvalue weighted by atomic mass is 16.6. The molecular weight excluding hydrogens is 108 g/mol. The second kappa shape index (κ2) is 4.48. The fraction of sp³-hybridized carbons (Fsp3) is 1.00. The van der Waals surface area contributed by atoms with Crippen molar-refractivity contribution in [1.29, 1.82) is 0 Å². The van der Waals surface area contributed by atoms with E-state index in [1.807, 2.05) is 0 Å². The first kappa shape index (κ1) is 7.32. The average Bonchev–Trinajstić information content (AvgIpc) is 1.83. The minimum absolute atomic E-state index is 0.109. The minimum atomic E-state index is -0.109. The number of hydrogen-bond acceptors (Lipinski definition) is 4. The summed E-state index contributed by atoms with van der Waals surface area (Å²) < 4.78 is 0. The van der Waals surface area contributed by atoms with Gasteiger partial charge in [0.25, 0.3) is 0 Å². The predicted molar refractivity (Wildman–Crippen MR) is 28.6 cm³/mol. The van der Waals surface area contributed by atoms with Crippen LogP contribution < -0.4 is 11.7 Å². The monoisotopic (exact) mass is 118 g/mol. The van der Waals surface area contributed by atoms with Crippen LogP contribution in [0.1, 0.15) is 6.92 Å². The highest BCUT2D eigenvalue weighted by Gasteiger charge is 1.94. The van der Waals surface area contributed by atoms with E-state index in [4.69, 9.17) is 11.7 Å². The van der Waals surface area contributed by atoms with Gasteiger partial charge in [0.15, 0.2) is 0 Å². The van der Waals surface area contributed by atoms with Crippen molar-refractivity contribution >= 4 is 0 Å². The van der Waals surface area contributed by atoms with Crippen LogP contribution in [0.4, 0.5) is 0 Å². The maximum absolute atomic E-state index is 4.77. The molecule has 0 aliphatic carbocycles. The van der Waals surface area contributed by atoms with Gasteiger partial charge in [-0.1, -0.05) is 5.22 Å². The number of nitrogens with two attached hydrogens (primary N) is 2. The molecule has 5 heteroatoms. The Balaban J connectivity index is 3.10. The van der Waals surface area contributed by atoms with Crippen molar-refractivity contribution in [1.82, 2.24) is 0 Å². The van der Waals surface area contributed by atoms with E-state index in [0.29, 0.717) is 6.54 Å². The summed E-state index contributed by atoms with van der Waals surface area (Å²) in [6.07, 6.45) is -0.109. The number of rotatable bonds is 3. The first-order valence-corrected chi connectivity index (χ1v) is 2.23. The molecule has 48 valence electrons. The first-order valence-electron chi connectivity index (χ1n) is 2.23. The standard InChI is InChI=1S/C3H10N4O/c1-3(8-5)2-6-7-4/h3H,2,5H2,1H3,(H2,4,6). The molecule has 0 saturated heterocycles. The summed E-state index contributed by atoms with van der Waals surface area (Å²) in [4.78, 5) is 4.34. The zero-order valence-corrected chi connectivity index (χ0v) is 4.74. The molecule has 0 radical (unpaired) electrons. The third kappa shape index (κ3) is 3.51. The largest absolute Gasteiger partial charge is 0.305 e. The third-order valence-electron chi connectivity index (χ3n) is 0.653. The molecule has 0 aromatic carbocycles. The Morgan fingerprint density at radius 1 is 1.75 bits per heavy atom. The van der Waals surface area contributed by atoms with E-state index in [2.05, 4.69) is 15.2 Å². The molecule has 0 rings (SSSR count). The Bertz CT molecular complexity index is 73.7. The Morgan fingerprint density at radius 3 is 2.75 bits per heavy atom. The molecule has 0 bridgehead atoms. The zero-order valence-electron chi connectivity index (χ0n) is 4.74. The second-order valence-electron chi connectivity index (χ2n) is 1.39. The van der Waals surface area contributed by atoms with Gasteiger partial charge in [-0.25, -0.2) is 5.90 Å². The van der Waals surface area contributed by atoms with Gasteiger partial charge in [-0.2, -0.15) is 5.11 Å². The van der Waals surface area contributed by atoms with E-state index < -0.39 is 0 Å². The van der Waals surface area contributed by atoms with Gasteiger partial charge in [0.1, 0.15) is 0 Å². The molecule has 1 unspecified atom stereocenters. The van der Waals surface area contributed by atoms with Crippen LogP contribution in [-0.2, 0) is 4.84 Å². The normalized spacial score (nSPS) is 14.8. The molecule has 0 amide bonds. The predicted octanol–water partition coefficient (Wildman–Crippen LogP) is -0.409. The summed E-state index contributed by atoms with van der Waals surface area (Å²) in [5.74, 6) is 9.46. The van der Waals surface area contributed by atoms with Crippen molar-refractivity contribution in [3.8, 4) is 0 Å².